The Kier molecular flexibility index (Phi) is 2.74. The van der Waals surface area contributed by atoms with E-state index in [1.807, 2.05) is 6.21 Å². The van der Waals surface area contributed by atoms with Crippen molar-refractivity contribution >= 4 is 6.21 Å². The zero-order valence-electron chi connectivity index (χ0n) is 7.23. The molecule has 48 valence electrons. The van der Waals surface area contributed by atoms with Gasteiger partial charge in [-0.3, -0.25) is 4.99 Å². The summed E-state index contributed by atoms with van der Waals surface area (Å²) in [6, 6.07) is 0. The molecular formula is C7H16N+. The summed E-state index contributed by atoms with van der Waals surface area (Å²) in [6.45, 7) is 8.38. The van der Waals surface area contributed by atoms with Gasteiger partial charge in [0.2, 0.25) is 0 Å². The average Bonchev–Trinajstić information content (AvgIpc) is 1.59. The molecule has 0 amide bonds. The first-order chi connectivity index (χ1) is 3.56. The monoisotopic (exact) mass is 114 g/mol. The third-order valence-corrected chi connectivity index (χ3v) is 0.661. The van der Waals surface area contributed by atoms with Crippen LogP contribution in [0.3, 0.4) is 0 Å². The quantitative estimate of drug-likeness (QED) is 0.464. The Balaban J connectivity index is 0. The van der Waals surface area contributed by atoms with Crippen molar-refractivity contribution in [3.05, 3.63) is 0 Å². The van der Waals surface area contributed by atoms with Gasteiger partial charge in [-0.15, -0.1) is 0 Å². The van der Waals surface area contributed by atoms with Gasteiger partial charge < -0.3 is 0 Å². The summed E-state index contributed by atoms with van der Waals surface area (Å²) in [6.07, 6.45) is 3.00. The molecule has 0 aliphatic heterocycles. The third kappa shape index (κ3) is 5.67. The van der Waals surface area contributed by atoms with Gasteiger partial charge in [0, 0.05) is 0 Å². The fourth-order valence-electron chi connectivity index (χ4n) is 0.365. The maximum absolute atomic E-state index is 4.25. The van der Waals surface area contributed by atoms with Crippen molar-refractivity contribution in [2.24, 2.45) is 4.99 Å². The number of hydrogen-bond acceptors (Lipinski definition) is 1. The third-order valence-electron chi connectivity index (χ3n) is 0.661. The second-order valence-electron chi connectivity index (χ2n) is 2.89. The molecular weight excluding hydrogens is 98.1 g/mol. The topological polar surface area (TPSA) is 12.4 Å². The summed E-state index contributed by atoms with van der Waals surface area (Å²) in [5.74, 6) is 0. The van der Waals surface area contributed by atoms with E-state index in [0.29, 0.717) is 0 Å². The Labute approximate surface area is 53.3 Å². The van der Waals surface area contributed by atoms with Crippen LogP contribution in [-0.2, 0) is 0 Å². The van der Waals surface area contributed by atoms with Crippen molar-refractivity contribution in [3.8, 4) is 0 Å². The number of rotatable bonds is 1. The zero-order valence-corrected chi connectivity index (χ0v) is 6.23. The lowest BCUT2D eigenvalue weighted by Crippen LogP contribution is -2.08. The van der Waals surface area contributed by atoms with Crippen LogP contribution >= 0.6 is 0 Å². The molecule has 0 aromatic carbocycles. The Bertz CT molecular complexity index is 81.4. The number of aliphatic imine (C=N–C) groups is 1. The highest BCUT2D eigenvalue weighted by molar-refractivity contribution is 5.57. The summed E-state index contributed by atoms with van der Waals surface area (Å²) >= 11 is 0. The lowest BCUT2D eigenvalue weighted by molar-refractivity contribution is 0.585. The van der Waals surface area contributed by atoms with Gasteiger partial charge in [0.1, 0.15) is 0 Å². The normalized spacial score (nSPS) is 13.0. The predicted octanol–water partition coefficient (Wildman–Crippen LogP) is 2.38. The van der Waals surface area contributed by atoms with Gasteiger partial charge in [0.15, 0.2) is 0 Å². The van der Waals surface area contributed by atoms with Crippen LogP contribution < -0.4 is 0 Å². The average molecular weight is 114 g/mol. The lowest BCUT2D eigenvalue weighted by atomic mass is 10.1. The highest BCUT2D eigenvalue weighted by atomic mass is 14.8. The molecule has 0 rings (SSSR count). The summed E-state index contributed by atoms with van der Waals surface area (Å²) < 4.78 is 0. The van der Waals surface area contributed by atoms with Crippen molar-refractivity contribution < 1.29 is 1.43 Å². The van der Waals surface area contributed by atoms with Crippen molar-refractivity contribution in [3.63, 3.8) is 0 Å². The smallest absolute Gasteiger partial charge is 0.292 e. The highest BCUT2D eigenvalue weighted by Crippen LogP contribution is 2.04. The second kappa shape index (κ2) is 2.85. The van der Waals surface area contributed by atoms with E-state index in [4.69, 9.17) is 0 Å². The number of hydrogen-bond donors (Lipinski definition) is 0. The van der Waals surface area contributed by atoms with Crippen LogP contribution in [0, 0.1) is 0 Å². The fraction of sp³-hybridized carbons (Fsp3) is 0.857. The first-order valence-corrected chi connectivity index (χ1v) is 3.10. The minimum atomic E-state index is 0. The largest absolute Gasteiger partial charge is 1.00 e. The van der Waals surface area contributed by atoms with Crippen molar-refractivity contribution in [1.29, 1.82) is 0 Å². The van der Waals surface area contributed by atoms with E-state index < -0.39 is 0 Å². The molecule has 0 saturated heterocycles. The van der Waals surface area contributed by atoms with Crippen LogP contribution in [0.25, 0.3) is 0 Å². The van der Waals surface area contributed by atoms with Crippen molar-refractivity contribution in [2.75, 3.05) is 0 Å². The summed E-state index contributed by atoms with van der Waals surface area (Å²) in [5, 5.41) is 0. The van der Waals surface area contributed by atoms with E-state index in [2.05, 4.69) is 32.7 Å². The first-order valence-electron chi connectivity index (χ1n) is 3.10. The maximum atomic E-state index is 4.25. The van der Waals surface area contributed by atoms with Crippen molar-refractivity contribution in [2.45, 2.75) is 39.7 Å². The van der Waals surface area contributed by atoms with Crippen molar-refractivity contribution in [1.82, 2.24) is 0 Å². The molecule has 0 aliphatic rings. The van der Waals surface area contributed by atoms with E-state index >= 15 is 0 Å². The van der Waals surface area contributed by atoms with Gasteiger partial charge in [-0.05, 0) is 33.4 Å². The minimum Gasteiger partial charge on any atom is -0.292 e. The molecule has 0 fully saturated rings. The molecule has 1 nitrogen and oxygen atoms in total. The molecule has 0 radical (unpaired) electrons. The molecule has 1 heteroatoms. The zero-order chi connectivity index (χ0) is 6.62. The van der Waals surface area contributed by atoms with Gasteiger partial charge in [0.25, 0.3) is 0 Å². The van der Waals surface area contributed by atoms with E-state index in [1.54, 1.807) is 0 Å². The Morgan fingerprint density at radius 2 is 2.00 bits per heavy atom. The van der Waals surface area contributed by atoms with E-state index in [-0.39, 0.29) is 6.97 Å². The van der Waals surface area contributed by atoms with Crippen LogP contribution in [0.2, 0.25) is 0 Å². The van der Waals surface area contributed by atoms with Gasteiger partial charge >= 0.3 is 1.43 Å². The Morgan fingerprint density at radius 3 is 2.12 bits per heavy atom. The van der Waals surface area contributed by atoms with Crippen LogP contribution in [0.4, 0.5) is 0 Å². The fourth-order valence-corrected chi connectivity index (χ4v) is 0.365. The summed E-state index contributed by atoms with van der Waals surface area (Å²) in [7, 11) is 0. The summed E-state index contributed by atoms with van der Waals surface area (Å²) in [4.78, 5) is 4.25. The van der Waals surface area contributed by atoms with E-state index in [9.17, 15) is 0 Å². The Morgan fingerprint density at radius 1 is 1.50 bits per heavy atom. The van der Waals surface area contributed by atoms with Gasteiger partial charge in [-0.1, -0.05) is 6.92 Å². The van der Waals surface area contributed by atoms with E-state index in [0.717, 1.165) is 6.42 Å². The van der Waals surface area contributed by atoms with Gasteiger partial charge in [-0.25, -0.2) is 0 Å². The van der Waals surface area contributed by atoms with Crippen LogP contribution in [0.5, 0.6) is 0 Å². The molecule has 0 N–H and O–H groups in total. The predicted molar refractivity (Wildman–Crippen MR) is 39.6 cm³/mol. The molecule has 8 heavy (non-hydrogen) atoms. The SMILES string of the molecule is CCC=NC(C)(C)C.[H+]. The number of nitrogens with zero attached hydrogens (tertiary/aromatic N) is 1. The van der Waals surface area contributed by atoms with Crippen LogP contribution in [0.15, 0.2) is 4.99 Å². The van der Waals surface area contributed by atoms with E-state index in [1.165, 1.54) is 0 Å². The van der Waals surface area contributed by atoms with Crippen LogP contribution in [0.1, 0.15) is 35.5 Å². The molecule has 0 unspecified atom stereocenters. The molecule has 0 bridgehead atoms. The second-order valence-corrected chi connectivity index (χ2v) is 2.89. The van der Waals surface area contributed by atoms with Crippen LogP contribution in [-0.4, -0.2) is 11.8 Å². The minimum absolute atomic E-state index is 0. The molecule has 0 atom stereocenters. The molecule has 0 spiro atoms. The van der Waals surface area contributed by atoms with Gasteiger partial charge in [-0.2, -0.15) is 0 Å². The standard InChI is InChI=1S/C7H15N/c1-5-6-8-7(2,3)4/h6H,5H2,1-4H3/p+1. The molecule has 0 heterocycles. The molecule has 0 aliphatic carbocycles. The lowest BCUT2D eigenvalue weighted by Gasteiger charge is -2.09. The molecule has 0 aromatic heterocycles. The maximum Gasteiger partial charge on any atom is 1.00 e. The first kappa shape index (κ1) is 7.67. The Hall–Kier alpha value is -0.330. The summed E-state index contributed by atoms with van der Waals surface area (Å²) in [5.41, 5.74) is 0.121. The highest BCUT2D eigenvalue weighted by Gasteiger charge is 2.02. The van der Waals surface area contributed by atoms with Gasteiger partial charge in [0.05, 0.1) is 5.54 Å². The molecule has 0 saturated carbocycles. The molecule has 0 aromatic rings.